The summed E-state index contributed by atoms with van der Waals surface area (Å²) in [4.78, 5) is 12.4. The van der Waals surface area contributed by atoms with Crippen molar-refractivity contribution in [1.82, 2.24) is 14.8 Å². The van der Waals surface area contributed by atoms with Crippen LogP contribution in [0.5, 0.6) is 5.75 Å². The molecule has 1 N–H and O–H groups in total. The summed E-state index contributed by atoms with van der Waals surface area (Å²) < 4.78 is 21.0. The molecule has 0 aliphatic carbocycles. The molecule has 1 atom stereocenters. The van der Waals surface area contributed by atoms with Gasteiger partial charge in [-0.15, -0.1) is 10.2 Å². The molecule has 164 valence electrons. The van der Waals surface area contributed by atoms with Gasteiger partial charge in [-0.3, -0.25) is 4.79 Å². The fourth-order valence-corrected chi connectivity index (χ4v) is 3.94. The molecule has 1 aromatic heterocycles. The van der Waals surface area contributed by atoms with E-state index in [2.05, 4.69) is 15.5 Å². The lowest BCUT2D eigenvalue weighted by Crippen LogP contribution is -2.16. The molecule has 1 heterocycles. The van der Waals surface area contributed by atoms with Crippen LogP contribution in [-0.2, 0) is 4.79 Å². The number of benzene rings is 2. The molecule has 0 aliphatic rings. The molecular formula is C23H27FN4O2S. The number of halogens is 1. The number of carbonyl (C=O) groups excluding carboxylic acids is 1. The average Bonchev–Trinajstić information content (AvgIpc) is 3.15. The van der Waals surface area contributed by atoms with Crippen molar-refractivity contribution in [2.75, 3.05) is 11.1 Å². The summed E-state index contributed by atoms with van der Waals surface area (Å²) in [6, 6.07) is 11.8. The number of hydrogen-bond donors (Lipinski definition) is 1. The van der Waals surface area contributed by atoms with Crippen LogP contribution in [0.15, 0.2) is 47.6 Å². The molecule has 8 heteroatoms. The standard InChI is InChI=1S/C23H27FN4O2S/c1-14(2)28-22(17(5)30-20-10-7-18(24)8-11-20)26-27-23(28)31-13-21(29)25-19-9-6-15(3)16(4)12-19/h6-12,14,17H,13H2,1-5H3,(H,25,29). The SMILES string of the molecule is Cc1ccc(NC(=O)CSc2nnc(C(C)Oc3ccc(F)cc3)n2C(C)C)cc1C. The second-order valence-corrected chi connectivity index (χ2v) is 8.60. The molecule has 0 spiro atoms. The molecule has 3 rings (SSSR count). The zero-order valence-corrected chi connectivity index (χ0v) is 19.2. The number of carbonyl (C=O) groups is 1. The highest BCUT2D eigenvalue weighted by Crippen LogP contribution is 2.28. The van der Waals surface area contributed by atoms with Crippen molar-refractivity contribution in [2.45, 2.75) is 51.9 Å². The molecule has 0 saturated carbocycles. The van der Waals surface area contributed by atoms with Gasteiger partial charge < -0.3 is 14.6 Å². The molecule has 31 heavy (non-hydrogen) atoms. The molecule has 0 bridgehead atoms. The molecule has 1 amide bonds. The first-order valence-corrected chi connectivity index (χ1v) is 11.1. The van der Waals surface area contributed by atoms with Crippen molar-refractivity contribution in [2.24, 2.45) is 0 Å². The molecule has 3 aromatic rings. The van der Waals surface area contributed by atoms with Crippen LogP contribution in [0, 0.1) is 19.7 Å². The monoisotopic (exact) mass is 442 g/mol. The fraction of sp³-hybridized carbons (Fsp3) is 0.348. The molecule has 2 aromatic carbocycles. The second kappa shape index (κ2) is 9.96. The van der Waals surface area contributed by atoms with Crippen molar-refractivity contribution in [1.29, 1.82) is 0 Å². The Morgan fingerprint density at radius 3 is 2.45 bits per heavy atom. The summed E-state index contributed by atoms with van der Waals surface area (Å²) in [5.41, 5.74) is 3.09. The van der Waals surface area contributed by atoms with Crippen molar-refractivity contribution < 1.29 is 13.9 Å². The topological polar surface area (TPSA) is 69.0 Å². The Morgan fingerprint density at radius 2 is 1.81 bits per heavy atom. The quantitative estimate of drug-likeness (QED) is 0.468. The van der Waals surface area contributed by atoms with Gasteiger partial charge in [0.25, 0.3) is 0 Å². The highest BCUT2D eigenvalue weighted by molar-refractivity contribution is 7.99. The summed E-state index contributed by atoms with van der Waals surface area (Å²) in [5.74, 6) is 0.989. The number of anilines is 1. The van der Waals surface area contributed by atoms with Gasteiger partial charge in [0.2, 0.25) is 5.91 Å². The fourth-order valence-electron chi connectivity index (χ4n) is 3.07. The van der Waals surface area contributed by atoms with Gasteiger partial charge in [-0.1, -0.05) is 17.8 Å². The zero-order valence-electron chi connectivity index (χ0n) is 18.3. The van der Waals surface area contributed by atoms with Crippen molar-refractivity contribution in [3.8, 4) is 5.75 Å². The number of amides is 1. The number of ether oxygens (including phenoxy) is 1. The van der Waals surface area contributed by atoms with E-state index in [0.29, 0.717) is 16.7 Å². The Bertz CT molecular complexity index is 1050. The maximum absolute atomic E-state index is 13.1. The van der Waals surface area contributed by atoms with E-state index < -0.39 is 0 Å². The summed E-state index contributed by atoms with van der Waals surface area (Å²) >= 11 is 1.33. The Morgan fingerprint density at radius 1 is 1.10 bits per heavy atom. The summed E-state index contributed by atoms with van der Waals surface area (Å²) in [5, 5.41) is 12.1. The van der Waals surface area contributed by atoms with Crippen LogP contribution in [0.4, 0.5) is 10.1 Å². The first-order chi connectivity index (χ1) is 14.7. The maximum atomic E-state index is 13.1. The van der Waals surface area contributed by atoms with E-state index in [-0.39, 0.29) is 29.6 Å². The third-order valence-electron chi connectivity index (χ3n) is 4.82. The number of nitrogens with zero attached hydrogens (tertiary/aromatic N) is 3. The molecule has 0 radical (unpaired) electrons. The van der Waals surface area contributed by atoms with Crippen LogP contribution >= 0.6 is 11.8 Å². The lowest BCUT2D eigenvalue weighted by molar-refractivity contribution is -0.113. The highest BCUT2D eigenvalue weighted by Gasteiger charge is 2.22. The van der Waals surface area contributed by atoms with E-state index >= 15 is 0 Å². The number of nitrogens with one attached hydrogen (secondary N) is 1. The zero-order chi connectivity index (χ0) is 22.5. The van der Waals surface area contributed by atoms with Crippen LogP contribution < -0.4 is 10.1 Å². The summed E-state index contributed by atoms with van der Waals surface area (Å²) in [6.45, 7) is 9.97. The van der Waals surface area contributed by atoms with E-state index in [1.807, 2.05) is 57.4 Å². The lowest BCUT2D eigenvalue weighted by atomic mass is 10.1. The first kappa shape index (κ1) is 22.8. The normalized spacial score (nSPS) is 12.1. The predicted octanol–water partition coefficient (Wildman–Crippen LogP) is 5.49. The van der Waals surface area contributed by atoms with Gasteiger partial charge in [0.1, 0.15) is 11.6 Å². The van der Waals surface area contributed by atoms with Gasteiger partial charge >= 0.3 is 0 Å². The minimum Gasteiger partial charge on any atom is -0.483 e. The van der Waals surface area contributed by atoms with Crippen LogP contribution in [-0.4, -0.2) is 26.4 Å². The van der Waals surface area contributed by atoms with Crippen LogP contribution in [0.25, 0.3) is 0 Å². The smallest absolute Gasteiger partial charge is 0.234 e. The van der Waals surface area contributed by atoms with E-state index in [4.69, 9.17) is 4.74 Å². The number of thioether (sulfide) groups is 1. The van der Waals surface area contributed by atoms with Crippen LogP contribution in [0.1, 0.15) is 49.9 Å². The second-order valence-electron chi connectivity index (χ2n) is 7.65. The Labute approximate surface area is 186 Å². The van der Waals surface area contributed by atoms with E-state index in [1.54, 1.807) is 12.1 Å². The molecule has 6 nitrogen and oxygen atoms in total. The third kappa shape index (κ3) is 5.85. The van der Waals surface area contributed by atoms with Gasteiger partial charge in [0.15, 0.2) is 17.1 Å². The van der Waals surface area contributed by atoms with Crippen molar-refractivity contribution in [3.63, 3.8) is 0 Å². The highest BCUT2D eigenvalue weighted by atomic mass is 32.2. The van der Waals surface area contributed by atoms with Crippen molar-refractivity contribution >= 4 is 23.4 Å². The Balaban J connectivity index is 1.67. The van der Waals surface area contributed by atoms with E-state index in [9.17, 15) is 9.18 Å². The minimum atomic E-state index is -0.390. The van der Waals surface area contributed by atoms with Gasteiger partial charge in [0, 0.05) is 11.7 Å². The van der Waals surface area contributed by atoms with E-state index in [1.165, 1.54) is 29.5 Å². The molecule has 0 saturated heterocycles. The Kier molecular flexibility index (Phi) is 7.33. The van der Waals surface area contributed by atoms with Gasteiger partial charge in [-0.05, 0) is 82.1 Å². The van der Waals surface area contributed by atoms with Gasteiger partial charge in [-0.2, -0.15) is 0 Å². The van der Waals surface area contributed by atoms with Crippen LogP contribution in [0.2, 0.25) is 0 Å². The largest absolute Gasteiger partial charge is 0.483 e. The number of aryl methyl sites for hydroxylation is 2. The number of rotatable bonds is 8. The predicted molar refractivity (Wildman–Crippen MR) is 121 cm³/mol. The maximum Gasteiger partial charge on any atom is 0.234 e. The molecule has 0 fully saturated rings. The molecular weight excluding hydrogens is 415 g/mol. The summed E-state index contributed by atoms with van der Waals surface area (Å²) in [7, 11) is 0. The number of aromatic nitrogens is 3. The van der Waals surface area contributed by atoms with Crippen molar-refractivity contribution in [3.05, 3.63) is 65.2 Å². The first-order valence-electron chi connectivity index (χ1n) is 10.1. The average molecular weight is 443 g/mol. The van der Waals surface area contributed by atoms with Gasteiger partial charge in [-0.25, -0.2) is 4.39 Å². The Hall–Kier alpha value is -2.87. The third-order valence-corrected chi connectivity index (χ3v) is 5.76. The summed E-state index contributed by atoms with van der Waals surface area (Å²) in [6.07, 6.45) is -0.390. The lowest BCUT2D eigenvalue weighted by Gasteiger charge is -2.18. The van der Waals surface area contributed by atoms with E-state index in [0.717, 1.165) is 11.3 Å². The molecule has 0 aliphatic heterocycles. The molecule has 1 unspecified atom stereocenters. The minimum absolute atomic E-state index is 0.0783. The van der Waals surface area contributed by atoms with Crippen LogP contribution in [0.3, 0.4) is 0 Å². The van der Waals surface area contributed by atoms with Gasteiger partial charge in [0.05, 0.1) is 5.75 Å². The number of hydrogen-bond acceptors (Lipinski definition) is 5.